The molecule has 184 valence electrons. The Kier molecular flexibility index (Phi) is 5.83. The van der Waals surface area contributed by atoms with Gasteiger partial charge in [0.1, 0.15) is 17.6 Å². The summed E-state index contributed by atoms with van der Waals surface area (Å²) >= 11 is 0. The lowest BCUT2D eigenvalue weighted by Crippen LogP contribution is -2.61. The first-order valence-electron chi connectivity index (χ1n) is 11.4. The van der Waals surface area contributed by atoms with Crippen LogP contribution in [-0.2, 0) is 4.79 Å². The second-order valence-electron chi connectivity index (χ2n) is 9.01. The van der Waals surface area contributed by atoms with Crippen molar-refractivity contribution in [3.63, 3.8) is 0 Å². The lowest BCUT2D eigenvalue weighted by molar-refractivity contribution is -0.129. The molecular weight excluding hydrogens is 465 g/mol. The minimum atomic E-state index is -0.869. The molecule has 0 aliphatic carbocycles. The first-order valence-corrected chi connectivity index (χ1v) is 11.4. The van der Waals surface area contributed by atoms with E-state index in [0.717, 1.165) is 17.2 Å². The highest BCUT2D eigenvalue weighted by Crippen LogP contribution is 2.38. The minimum Gasteiger partial charge on any atom is -0.481 e. The second kappa shape index (κ2) is 8.99. The van der Waals surface area contributed by atoms with Gasteiger partial charge in [0.25, 0.3) is 5.91 Å². The molecule has 1 fully saturated rings. The summed E-state index contributed by atoms with van der Waals surface area (Å²) in [7, 11) is 1.51. The van der Waals surface area contributed by atoms with Crippen molar-refractivity contribution < 1.29 is 18.7 Å². The molecule has 0 saturated carbocycles. The van der Waals surface area contributed by atoms with Crippen molar-refractivity contribution in [3.8, 4) is 11.6 Å². The van der Waals surface area contributed by atoms with E-state index in [0.29, 0.717) is 18.1 Å². The van der Waals surface area contributed by atoms with E-state index in [1.807, 2.05) is 38.1 Å². The number of hydrogen-bond acceptors (Lipinski definition) is 7. The van der Waals surface area contributed by atoms with E-state index in [1.54, 1.807) is 28.0 Å². The molecule has 2 amide bonds. The number of rotatable bonds is 5. The Morgan fingerprint density at radius 2 is 1.94 bits per heavy atom. The van der Waals surface area contributed by atoms with Crippen LogP contribution in [0.5, 0.6) is 5.88 Å². The summed E-state index contributed by atoms with van der Waals surface area (Å²) in [5.74, 6) is -0.236. The van der Waals surface area contributed by atoms with Crippen LogP contribution in [0.15, 0.2) is 54.6 Å². The number of methoxy groups -OCH3 is 1. The van der Waals surface area contributed by atoms with E-state index in [-0.39, 0.29) is 24.0 Å². The van der Waals surface area contributed by atoms with Crippen molar-refractivity contribution >= 4 is 23.1 Å². The Morgan fingerprint density at radius 3 is 2.69 bits per heavy atom. The van der Waals surface area contributed by atoms with Crippen LogP contribution in [0.3, 0.4) is 0 Å². The van der Waals surface area contributed by atoms with Crippen LogP contribution in [0.2, 0.25) is 0 Å². The van der Waals surface area contributed by atoms with Crippen LogP contribution in [-0.4, -0.2) is 73.0 Å². The molecule has 5 rings (SSSR count). The monoisotopic (exact) mass is 489 g/mol. The topological polar surface area (TPSA) is 106 Å². The van der Waals surface area contributed by atoms with Crippen molar-refractivity contribution in [2.45, 2.75) is 25.4 Å². The fourth-order valence-corrected chi connectivity index (χ4v) is 4.66. The number of piperazine rings is 1. The van der Waals surface area contributed by atoms with Gasteiger partial charge in [-0.2, -0.15) is 0 Å². The lowest BCUT2D eigenvalue weighted by atomic mass is 9.87. The molecule has 11 heteroatoms. The summed E-state index contributed by atoms with van der Waals surface area (Å²) in [4.78, 5) is 34.6. The van der Waals surface area contributed by atoms with Gasteiger partial charge in [-0.15, -0.1) is 15.0 Å². The Morgan fingerprint density at radius 1 is 1.14 bits per heavy atom. The van der Waals surface area contributed by atoms with Gasteiger partial charge in [-0.3, -0.25) is 9.59 Å². The number of carbonyl (C=O) groups is 2. The van der Waals surface area contributed by atoms with Gasteiger partial charge in [-0.25, -0.2) is 9.37 Å². The third-order valence-electron chi connectivity index (χ3n) is 6.52. The van der Waals surface area contributed by atoms with E-state index in [4.69, 9.17) is 4.74 Å². The molecule has 2 aromatic carbocycles. The molecule has 1 aliphatic heterocycles. The number of halogens is 1. The zero-order chi connectivity index (χ0) is 25.4. The van der Waals surface area contributed by atoms with Crippen LogP contribution in [0.25, 0.3) is 16.5 Å². The molecule has 1 unspecified atom stereocenters. The number of amides is 2. The molecule has 2 aromatic heterocycles. The highest BCUT2D eigenvalue weighted by atomic mass is 19.1. The normalized spacial score (nSPS) is 17.3. The molecule has 4 aromatic rings. The van der Waals surface area contributed by atoms with Crippen LogP contribution < -0.4 is 4.74 Å². The molecular formula is C25H24FN7O3. The summed E-state index contributed by atoms with van der Waals surface area (Å²) in [6, 6.07) is 14.3. The largest absolute Gasteiger partial charge is 0.481 e. The van der Waals surface area contributed by atoms with Crippen LogP contribution in [0.4, 0.5) is 4.39 Å². The predicted molar refractivity (Wildman–Crippen MR) is 128 cm³/mol. The van der Waals surface area contributed by atoms with E-state index < -0.39 is 17.4 Å². The third kappa shape index (κ3) is 3.92. The number of nitrogens with zero attached hydrogens (tertiary/aromatic N) is 7. The maximum atomic E-state index is 13.9. The molecule has 0 N–H and O–H groups in total. The Bertz CT molecular complexity index is 1450. The SMILES string of the molecule is COc1nc(C(=O)N2CCN(C=O)C(C)(C)C2c2nnn(-c3cccc(F)c3)n2)cc2ccccc12. The number of carbonyl (C=O) groups excluding carboxylic acids is 2. The first-order chi connectivity index (χ1) is 17.3. The number of pyridine rings is 1. The molecule has 1 aliphatic rings. The first kappa shape index (κ1) is 23.3. The molecule has 3 heterocycles. The fraction of sp³-hybridized carbons (Fsp3) is 0.280. The maximum absolute atomic E-state index is 13.9. The number of ether oxygens (including phenoxy) is 1. The van der Waals surface area contributed by atoms with Gasteiger partial charge in [0.15, 0.2) is 5.82 Å². The summed E-state index contributed by atoms with van der Waals surface area (Å²) < 4.78 is 19.2. The quantitative estimate of drug-likeness (QED) is 0.397. The van der Waals surface area contributed by atoms with Crippen LogP contribution in [0, 0.1) is 5.82 Å². The molecule has 0 radical (unpaired) electrons. The lowest BCUT2D eigenvalue weighted by Gasteiger charge is -2.50. The number of aromatic nitrogens is 5. The highest BCUT2D eigenvalue weighted by molar-refractivity contribution is 5.98. The van der Waals surface area contributed by atoms with E-state index in [9.17, 15) is 14.0 Å². The average molecular weight is 490 g/mol. The Hall–Kier alpha value is -4.41. The molecule has 0 spiro atoms. The zero-order valence-corrected chi connectivity index (χ0v) is 20.0. The van der Waals surface area contributed by atoms with Gasteiger partial charge in [0, 0.05) is 24.5 Å². The highest BCUT2D eigenvalue weighted by Gasteiger charge is 2.48. The van der Waals surface area contributed by atoms with Crippen LogP contribution in [0.1, 0.15) is 36.2 Å². The molecule has 10 nitrogen and oxygen atoms in total. The summed E-state index contributed by atoms with van der Waals surface area (Å²) in [6.45, 7) is 4.23. The number of tetrazole rings is 1. The number of fused-ring (bicyclic) bond motifs is 1. The summed E-state index contributed by atoms with van der Waals surface area (Å²) in [6.07, 6.45) is 0.753. The molecule has 0 bridgehead atoms. The second-order valence-corrected chi connectivity index (χ2v) is 9.01. The predicted octanol–water partition coefficient (Wildman–Crippen LogP) is 2.79. The Labute approximate surface area is 206 Å². The van der Waals surface area contributed by atoms with Crippen molar-refractivity contribution in [3.05, 3.63) is 71.9 Å². The van der Waals surface area contributed by atoms with E-state index in [1.165, 1.54) is 24.0 Å². The van der Waals surface area contributed by atoms with Crippen molar-refractivity contribution in [1.29, 1.82) is 0 Å². The van der Waals surface area contributed by atoms with Crippen LogP contribution >= 0.6 is 0 Å². The summed E-state index contributed by atoms with van der Waals surface area (Å²) in [5.41, 5.74) is -0.288. The van der Waals surface area contributed by atoms with Crippen molar-refractivity contribution in [2.75, 3.05) is 20.2 Å². The minimum absolute atomic E-state index is 0.198. The zero-order valence-electron chi connectivity index (χ0n) is 20.0. The standard InChI is InChI=1S/C25H24FN7O3/c1-25(2)21(22-28-30-33(29-22)18-9-6-8-17(26)14-18)32(12-11-31(25)15-34)24(35)20-13-16-7-4-5-10-19(16)23(27-20)36-3/h4-10,13-15,21H,11-12H2,1-3H3. The van der Waals surface area contributed by atoms with E-state index >= 15 is 0 Å². The smallest absolute Gasteiger partial charge is 0.273 e. The van der Waals surface area contributed by atoms with Gasteiger partial charge in [0.05, 0.1) is 18.3 Å². The molecule has 1 atom stereocenters. The third-order valence-corrected chi connectivity index (χ3v) is 6.52. The molecule has 36 heavy (non-hydrogen) atoms. The fourth-order valence-electron chi connectivity index (χ4n) is 4.66. The number of hydrogen-bond donors (Lipinski definition) is 0. The van der Waals surface area contributed by atoms with Gasteiger partial charge in [0.2, 0.25) is 12.3 Å². The average Bonchev–Trinajstić information content (AvgIpc) is 3.36. The van der Waals surface area contributed by atoms with Gasteiger partial charge in [-0.05, 0) is 48.7 Å². The maximum Gasteiger partial charge on any atom is 0.273 e. The van der Waals surface area contributed by atoms with Crippen molar-refractivity contribution in [1.82, 2.24) is 35.0 Å². The van der Waals surface area contributed by atoms with Gasteiger partial charge >= 0.3 is 0 Å². The van der Waals surface area contributed by atoms with Gasteiger partial charge in [-0.1, -0.05) is 24.3 Å². The van der Waals surface area contributed by atoms with Crippen molar-refractivity contribution in [2.24, 2.45) is 0 Å². The summed E-state index contributed by atoms with van der Waals surface area (Å²) in [5, 5.41) is 14.3. The van der Waals surface area contributed by atoms with Gasteiger partial charge < -0.3 is 14.5 Å². The molecule has 1 saturated heterocycles. The number of benzene rings is 2. The Balaban J connectivity index is 1.58. The van der Waals surface area contributed by atoms with E-state index in [2.05, 4.69) is 20.4 Å².